The number of ketones is 1. The van der Waals surface area contributed by atoms with Gasteiger partial charge in [0.25, 0.3) is 5.92 Å². The Labute approximate surface area is 246 Å². The SMILES string of the molecule is COc1ccccc1[C@H]1CC(=O)C2=C(C1)NC(C)=C(C(=O)OC1CCN(CC(C)(F)F)C1)C2c1cccc2[nH]ccc12.[HH].[HH]. The van der Waals surface area contributed by atoms with E-state index in [4.69, 9.17) is 9.47 Å². The first-order chi connectivity index (χ1) is 20.1. The number of carbonyl (C=O) groups is 2. The van der Waals surface area contributed by atoms with E-state index in [0.29, 0.717) is 36.2 Å². The van der Waals surface area contributed by atoms with Gasteiger partial charge in [-0.3, -0.25) is 9.69 Å². The minimum atomic E-state index is -2.82. The largest absolute Gasteiger partial charge is 0.496 e. The fraction of sp³-hybridized carbons (Fsp3) is 0.394. The number of rotatable bonds is 7. The van der Waals surface area contributed by atoms with Crippen molar-refractivity contribution < 1.29 is 30.7 Å². The van der Waals surface area contributed by atoms with Crippen LogP contribution < -0.4 is 10.1 Å². The van der Waals surface area contributed by atoms with E-state index in [0.717, 1.165) is 40.4 Å². The van der Waals surface area contributed by atoms with Gasteiger partial charge in [0, 0.05) is 75.2 Å². The molecule has 1 saturated heterocycles. The van der Waals surface area contributed by atoms with E-state index in [1.807, 2.05) is 61.7 Å². The topological polar surface area (TPSA) is 83.7 Å². The van der Waals surface area contributed by atoms with E-state index >= 15 is 0 Å². The van der Waals surface area contributed by atoms with E-state index in [1.54, 1.807) is 12.0 Å². The van der Waals surface area contributed by atoms with Gasteiger partial charge in [0.2, 0.25) is 0 Å². The summed E-state index contributed by atoms with van der Waals surface area (Å²) in [5.41, 5.74) is 5.10. The Morgan fingerprint density at radius 2 is 1.90 bits per heavy atom. The first-order valence-corrected chi connectivity index (χ1v) is 14.4. The molecule has 2 N–H and O–H groups in total. The minimum Gasteiger partial charge on any atom is -0.496 e. The molecule has 3 atom stereocenters. The molecule has 3 heterocycles. The van der Waals surface area contributed by atoms with Gasteiger partial charge >= 0.3 is 5.97 Å². The average Bonchev–Trinajstić information content (AvgIpc) is 3.60. The number of methoxy groups -OCH3 is 1. The third-order valence-electron chi connectivity index (χ3n) is 8.57. The molecule has 2 aliphatic heterocycles. The Bertz CT molecular complexity index is 1610. The van der Waals surface area contributed by atoms with Crippen LogP contribution in [0.4, 0.5) is 8.78 Å². The molecule has 2 unspecified atom stereocenters. The summed E-state index contributed by atoms with van der Waals surface area (Å²) in [5.74, 6) is -3.35. The van der Waals surface area contributed by atoms with Crippen LogP contribution in [-0.2, 0) is 14.3 Å². The van der Waals surface area contributed by atoms with Crippen molar-refractivity contribution in [3.8, 4) is 5.75 Å². The second kappa shape index (κ2) is 11.0. The highest BCUT2D eigenvalue weighted by atomic mass is 19.3. The number of dihydropyridines is 1. The number of ether oxygens (including phenoxy) is 2. The Kier molecular flexibility index (Phi) is 7.39. The molecule has 1 fully saturated rings. The number of aromatic nitrogens is 1. The maximum atomic E-state index is 14.1. The fourth-order valence-corrected chi connectivity index (χ4v) is 6.85. The highest BCUT2D eigenvalue weighted by Crippen LogP contribution is 2.48. The lowest BCUT2D eigenvalue weighted by atomic mass is 9.71. The zero-order valence-corrected chi connectivity index (χ0v) is 24.0. The molecule has 1 aliphatic carbocycles. The standard InChI is InChI=1S/C33H35F2N3O4.2H2/c1-19-29(32(40)42-21-12-14-38(17-21)18-33(2,34)35)30(24-8-6-9-25-23(24)11-13-36-25)31-26(37-19)15-20(16-27(31)39)22-7-4-5-10-28(22)41-3;;/h4-11,13,20-21,30,36-37H,12,14-18H2,1-3H3;2*1H/t20-,21?,30?;;/m1../s1. The molecule has 1 aromatic heterocycles. The number of allylic oxidation sites excluding steroid dienone is 3. The second-order valence-electron chi connectivity index (χ2n) is 11.7. The van der Waals surface area contributed by atoms with Crippen LogP contribution in [0.2, 0.25) is 0 Å². The number of H-pyrrole nitrogens is 1. The van der Waals surface area contributed by atoms with Gasteiger partial charge in [0.15, 0.2) is 5.78 Å². The van der Waals surface area contributed by atoms with Gasteiger partial charge in [-0.1, -0.05) is 30.3 Å². The molecular formula is C33H39F2N3O4. The fourth-order valence-electron chi connectivity index (χ4n) is 6.85. The number of benzene rings is 2. The molecule has 3 aliphatic rings. The van der Waals surface area contributed by atoms with Crippen molar-refractivity contribution >= 4 is 22.7 Å². The molecule has 0 bridgehead atoms. The van der Waals surface area contributed by atoms with Crippen molar-refractivity contribution in [1.29, 1.82) is 0 Å². The number of hydrogen-bond donors (Lipinski definition) is 2. The lowest BCUT2D eigenvalue weighted by Crippen LogP contribution is -2.37. The lowest BCUT2D eigenvalue weighted by Gasteiger charge is -2.37. The normalized spacial score (nSPS) is 23.3. The maximum absolute atomic E-state index is 14.1. The summed E-state index contributed by atoms with van der Waals surface area (Å²) in [6.45, 7) is 3.04. The Hall–Kier alpha value is -3.98. The van der Waals surface area contributed by atoms with Crippen LogP contribution in [0.15, 0.2) is 77.3 Å². The Balaban J connectivity index is 0.00000221. The van der Waals surface area contributed by atoms with Crippen LogP contribution in [0.1, 0.15) is 58.9 Å². The molecule has 0 amide bonds. The molecule has 0 spiro atoms. The van der Waals surface area contributed by atoms with Crippen molar-refractivity contribution in [3.05, 3.63) is 88.4 Å². The molecule has 42 heavy (non-hydrogen) atoms. The van der Waals surface area contributed by atoms with Crippen LogP contribution in [0.3, 0.4) is 0 Å². The third-order valence-corrected chi connectivity index (χ3v) is 8.57. The zero-order valence-electron chi connectivity index (χ0n) is 24.0. The number of likely N-dealkylation sites (tertiary alicyclic amines) is 1. The van der Waals surface area contributed by atoms with Gasteiger partial charge in [-0.15, -0.1) is 0 Å². The van der Waals surface area contributed by atoms with Crippen LogP contribution in [0.5, 0.6) is 5.75 Å². The first kappa shape index (κ1) is 28.2. The number of hydrogen-bond acceptors (Lipinski definition) is 6. The molecule has 9 heteroatoms. The van der Waals surface area contributed by atoms with Gasteiger partial charge < -0.3 is 19.8 Å². The van der Waals surface area contributed by atoms with Gasteiger partial charge in [-0.2, -0.15) is 0 Å². The molecule has 2 aromatic carbocycles. The summed E-state index contributed by atoms with van der Waals surface area (Å²) < 4.78 is 38.8. The number of esters is 1. The number of halogens is 2. The second-order valence-corrected chi connectivity index (χ2v) is 11.7. The van der Waals surface area contributed by atoms with Gasteiger partial charge in [0.05, 0.1) is 19.2 Å². The van der Waals surface area contributed by atoms with Crippen LogP contribution in [0, 0.1) is 0 Å². The highest BCUT2D eigenvalue weighted by molar-refractivity contribution is 6.05. The molecule has 0 saturated carbocycles. The first-order valence-electron chi connectivity index (χ1n) is 14.4. The molecule has 7 nitrogen and oxygen atoms in total. The average molecular weight is 580 g/mol. The molecule has 3 aromatic rings. The number of alkyl halides is 2. The van der Waals surface area contributed by atoms with Crippen LogP contribution in [-0.4, -0.2) is 60.4 Å². The Morgan fingerprint density at radius 1 is 1.12 bits per heavy atom. The van der Waals surface area contributed by atoms with Gasteiger partial charge in [0.1, 0.15) is 11.9 Å². The van der Waals surface area contributed by atoms with Crippen molar-refractivity contribution in [2.75, 3.05) is 26.7 Å². The van der Waals surface area contributed by atoms with Crippen molar-refractivity contribution in [2.24, 2.45) is 0 Å². The van der Waals surface area contributed by atoms with Crippen molar-refractivity contribution in [2.45, 2.75) is 57.0 Å². The predicted octanol–water partition coefficient (Wildman–Crippen LogP) is 6.30. The summed E-state index contributed by atoms with van der Waals surface area (Å²) in [4.78, 5) is 32.8. The highest BCUT2D eigenvalue weighted by Gasteiger charge is 2.43. The van der Waals surface area contributed by atoms with Crippen molar-refractivity contribution in [3.63, 3.8) is 0 Å². The predicted molar refractivity (Wildman–Crippen MR) is 160 cm³/mol. The maximum Gasteiger partial charge on any atom is 0.337 e. The van der Waals surface area contributed by atoms with Crippen molar-refractivity contribution in [1.82, 2.24) is 15.2 Å². The molecule has 6 rings (SSSR count). The summed E-state index contributed by atoms with van der Waals surface area (Å²) >= 11 is 0. The smallest absolute Gasteiger partial charge is 0.337 e. The number of carbonyl (C=O) groups excluding carboxylic acids is 2. The number of nitrogens with zero attached hydrogens (tertiary/aromatic N) is 1. The van der Waals surface area contributed by atoms with E-state index < -0.39 is 23.9 Å². The number of aromatic amines is 1. The summed E-state index contributed by atoms with van der Waals surface area (Å²) in [5, 5.41) is 4.33. The molecular weight excluding hydrogens is 540 g/mol. The lowest BCUT2D eigenvalue weighted by molar-refractivity contribution is -0.144. The molecule has 0 radical (unpaired) electrons. The Morgan fingerprint density at radius 3 is 2.69 bits per heavy atom. The van der Waals surface area contributed by atoms with Crippen LogP contribution >= 0.6 is 0 Å². The van der Waals surface area contributed by atoms with E-state index in [1.165, 1.54) is 0 Å². The summed E-state index contributed by atoms with van der Waals surface area (Å²) in [6, 6.07) is 15.5. The van der Waals surface area contributed by atoms with Gasteiger partial charge in [-0.25, -0.2) is 13.6 Å². The van der Waals surface area contributed by atoms with E-state index in [-0.39, 0.29) is 34.1 Å². The molecule has 224 valence electrons. The summed E-state index contributed by atoms with van der Waals surface area (Å²) in [7, 11) is 1.63. The monoisotopic (exact) mass is 579 g/mol. The van der Waals surface area contributed by atoms with Gasteiger partial charge in [-0.05, 0) is 49.1 Å². The minimum absolute atomic E-state index is 0. The quantitative estimate of drug-likeness (QED) is 0.320. The number of nitrogens with one attached hydrogen (secondary N) is 2. The van der Waals surface area contributed by atoms with E-state index in [9.17, 15) is 18.4 Å². The zero-order chi connectivity index (χ0) is 29.6. The van der Waals surface area contributed by atoms with E-state index in [2.05, 4.69) is 10.3 Å². The van der Waals surface area contributed by atoms with Crippen LogP contribution in [0.25, 0.3) is 10.9 Å². The summed E-state index contributed by atoms with van der Waals surface area (Å²) in [6.07, 6.45) is 2.69. The number of fused-ring (bicyclic) bond motifs is 1. The number of Topliss-reactive ketones (excluding diaryl/α,β-unsaturated/α-hetero) is 1. The number of para-hydroxylation sites is 1. The third kappa shape index (κ3) is 5.33.